The molecule has 1 rings (SSSR count). The molecule has 0 saturated carbocycles. The molecule has 82 valence electrons. The number of carbonyl (C=O) groups is 1. The summed E-state index contributed by atoms with van der Waals surface area (Å²) in [7, 11) is -3.31. The summed E-state index contributed by atoms with van der Waals surface area (Å²) in [5.74, 6) is -0.958. The first-order valence-electron chi connectivity index (χ1n) is 3.95. The van der Waals surface area contributed by atoms with Gasteiger partial charge >= 0.3 is 0 Å². The second-order valence-corrected chi connectivity index (χ2v) is 6.64. The van der Waals surface area contributed by atoms with Crippen molar-refractivity contribution in [1.82, 2.24) is 0 Å². The number of benzene rings is 1. The van der Waals surface area contributed by atoms with Crippen molar-refractivity contribution in [2.24, 2.45) is 0 Å². The summed E-state index contributed by atoms with van der Waals surface area (Å²) in [6.07, 6.45) is 1.02. The van der Waals surface area contributed by atoms with Crippen LogP contribution in [0.3, 0.4) is 0 Å². The molecule has 0 aromatic heterocycles. The van der Waals surface area contributed by atoms with Gasteiger partial charge in [-0.05, 0) is 18.2 Å². The Labute approximate surface area is 101 Å². The average molecular weight is 312 g/mol. The fraction of sp³-hybridized carbons (Fsp3) is 0.222. The third-order valence-electron chi connectivity index (χ3n) is 1.58. The Morgan fingerprint density at radius 3 is 2.47 bits per heavy atom. The Kier molecular flexibility index (Phi) is 3.92. The minimum absolute atomic E-state index is 0.291. The number of hydrogen-bond acceptors (Lipinski definition) is 3. The van der Waals surface area contributed by atoms with Crippen LogP contribution in [0.15, 0.2) is 22.7 Å². The first kappa shape index (κ1) is 12.7. The highest BCUT2D eigenvalue weighted by atomic mass is 79.9. The van der Waals surface area contributed by atoms with Crippen molar-refractivity contribution in [3.63, 3.8) is 0 Å². The van der Waals surface area contributed by atoms with E-state index in [-0.39, 0.29) is 0 Å². The van der Waals surface area contributed by atoms with Crippen molar-refractivity contribution in [3.8, 4) is 0 Å². The molecule has 0 radical (unpaired) electrons. The highest BCUT2D eigenvalue weighted by Gasteiger charge is 2.14. The van der Waals surface area contributed by atoms with E-state index in [1.807, 2.05) is 0 Å². The van der Waals surface area contributed by atoms with Crippen LogP contribution >= 0.6 is 27.5 Å². The summed E-state index contributed by atoms with van der Waals surface area (Å²) in [5.41, 5.74) is 0.291. The molecule has 0 atom stereocenters. The van der Waals surface area contributed by atoms with E-state index in [4.69, 9.17) is 11.6 Å². The quantitative estimate of drug-likeness (QED) is 0.805. The Hall–Kier alpha value is -0.390. The van der Waals surface area contributed by atoms with E-state index in [2.05, 4.69) is 15.9 Å². The number of carbonyl (C=O) groups excluding carboxylic acids is 1. The van der Waals surface area contributed by atoms with Crippen LogP contribution in [-0.2, 0) is 9.84 Å². The minimum atomic E-state index is -3.31. The van der Waals surface area contributed by atoms with Gasteiger partial charge in [-0.15, -0.1) is 0 Å². The second kappa shape index (κ2) is 4.63. The van der Waals surface area contributed by atoms with E-state index in [9.17, 15) is 13.2 Å². The fourth-order valence-electron chi connectivity index (χ4n) is 1.04. The zero-order valence-corrected chi connectivity index (χ0v) is 11.0. The molecule has 0 heterocycles. The zero-order chi connectivity index (χ0) is 11.6. The lowest BCUT2D eigenvalue weighted by Gasteiger charge is -2.01. The molecular formula is C9H8BrClO3S. The van der Waals surface area contributed by atoms with Crippen molar-refractivity contribution in [3.05, 3.63) is 33.3 Å². The van der Waals surface area contributed by atoms with Crippen molar-refractivity contribution in [1.29, 1.82) is 0 Å². The monoisotopic (exact) mass is 310 g/mol. The van der Waals surface area contributed by atoms with Crippen LogP contribution in [0.1, 0.15) is 10.4 Å². The lowest BCUT2D eigenvalue weighted by Crippen LogP contribution is -2.14. The average Bonchev–Trinajstić information content (AvgIpc) is 1.98. The molecular weight excluding hydrogens is 304 g/mol. The van der Waals surface area contributed by atoms with Gasteiger partial charge in [-0.2, -0.15) is 0 Å². The van der Waals surface area contributed by atoms with E-state index in [1.54, 1.807) is 12.1 Å². The summed E-state index contributed by atoms with van der Waals surface area (Å²) < 4.78 is 22.5. The summed E-state index contributed by atoms with van der Waals surface area (Å²) in [4.78, 5) is 11.5. The molecule has 0 aliphatic rings. The van der Waals surface area contributed by atoms with Gasteiger partial charge in [-0.25, -0.2) is 8.42 Å². The Morgan fingerprint density at radius 1 is 1.40 bits per heavy atom. The maximum absolute atomic E-state index is 11.5. The van der Waals surface area contributed by atoms with Gasteiger partial charge in [-0.1, -0.05) is 27.5 Å². The van der Waals surface area contributed by atoms with Gasteiger partial charge in [0.1, 0.15) is 5.75 Å². The van der Waals surface area contributed by atoms with Crippen molar-refractivity contribution < 1.29 is 13.2 Å². The summed E-state index contributed by atoms with van der Waals surface area (Å²) in [6.45, 7) is 0. The van der Waals surface area contributed by atoms with E-state index >= 15 is 0 Å². The summed E-state index contributed by atoms with van der Waals surface area (Å²) in [6, 6.07) is 4.61. The molecule has 6 heteroatoms. The number of ketones is 1. The molecule has 3 nitrogen and oxygen atoms in total. The highest BCUT2D eigenvalue weighted by molar-refractivity contribution is 9.10. The first-order valence-corrected chi connectivity index (χ1v) is 7.18. The highest BCUT2D eigenvalue weighted by Crippen LogP contribution is 2.20. The van der Waals surface area contributed by atoms with Gasteiger partial charge in [0.15, 0.2) is 15.6 Å². The Bertz CT molecular complexity index is 476. The molecule has 15 heavy (non-hydrogen) atoms. The van der Waals surface area contributed by atoms with E-state index in [0.29, 0.717) is 15.1 Å². The van der Waals surface area contributed by atoms with Crippen molar-refractivity contribution in [2.75, 3.05) is 12.0 Å². The number of Topliss-reactive ketones (excluding diaryl/α,β-unsaturated/α-hetero) is 1. The number of rotatable bonds is 3. The van der Waals surface area contributed by atoms with Gasteiger partial charge in [0.05, 0.1) is 0 Å². The molecule has 0 aliphatic heterocycles. The van der Waals surface area contributed by atoms with Crippen LogP contribution in [0, 0.1) is 0 Å². The molecule has 0 unspecified atom stereocenters. The molecule has 0 amide bonds. The van der Waals surface area contributed by atoms with Gasteiger partial charge in [0.25, 0.3) is 0 Å². The summed E-state index contributed by atoms with van der Waals surface area (Å²) in [5, 5.41) is 0.390. The largest absolute Gasteiger partial charge is 0.293 e. The van der Waals surface area contributed by atoms with E-state index < -0.39 is 21.4 Å². The van der Waals surface area contributed by atoms with Crippen LogP contribution in [0.25, 0.3) is 0 Å². The second-order valence-electron chi connectivity index (χ2n) is 3.15. The van der Waals surface area contributed by atoms with Gasteiger partial charge in [0.2, 0.25) is 0 Å². The number of hydrogen-bond donors (Lipinski definition) is 0. The number of sulfone groups is 1. The fourth-order valence-corrected chi connectivity index (χ4v) is 2.54. The van der Waals surface area contributed by atoms with E-state index in [0.717, 1.165) is 6.26 Å². The SMILES string of the molecule is CS(=O)(=O)CC(=O)c1cc(Cl)cc(Br)c1. The normalized spacial score (nSPS) is 11.4. The number of halogens is 2. The molecule has 0 N–H and O–H groups in total. The van der Waals surface area contributed by atoms with Crippen LogP contribution < -0.4 is 0 Å². The standard InChI is InChI=1S/C9H8BrClO3S/c1-15(13,14)5-9(12)6-2-7(10)4-8(11)3-6/h2-4H,5H2,1H3. The van der Waals surface area contributed by atoms with Gasteiger partial charge in [0, 0.05) is 21.3 Å². The van der Waals surface area contributed by atoms with Gasteiger partial charge in [-0.3, -0.25) is 4.79 Å². The molecule has 0 bridgehead atoms. The van der Waals surface area contributed by atoms with Crippen LogP contribution in [0.4, 0.5) is 0 Å². The van der Waals surface area contributed by atoms with Crippen molar-refractivity contribution in [2.45, 2.75) is 0 Å². The molecule has 0 spiro atoms. The van der Waals surface area contributed by atoms with Crippen LogP contribution in [-0.4, -0.2) is 26.2 Å². The van der Waals surface area contributed by atoms with Crippen LogP contribution in [0.2, 0.25) is 5.02 Å². The predicted molar refractivity (Wildman–Crippen MR) is 63.2 cm³/mol. The predicted octanol–water partition coefficient (Wildman–Crippen LogP) is 2.33. The Morgan fingerprint density at radius 2 is 2.00 bits per heavy atom. The third kappa shape index (κ3) is 4.32. The topological polar surface area (TPSA) is 51.2 Å². The molecule has 0 aliphatic carbocycles. The van der Waals surface area contributed by atoms with Gasteiger partial charge < -0.3 is 0 Å². The maximum Gasteiger partial charge on any atom is 0.177 e. The smallest absolute Gasteiger partial charge is 0.177 e. The first-order chi connectivity index (χ1) is 6.78. The molecule has 1 aromatic rings. The Balaban J connectivity index is 3.02. The van der Waals surface area contributed by atoms with Crippen LogP contribution in [0.5, 0.6) is 0 Å². The lowest BCUT2D eigenvalue weighted by atomic mass is 10.1. The lowest BCUT2D eigenvalue weighted by molar-refractivity contribution is 0.102. The third-order valence-corrected chi connectivity index (χ3v) is 3.04. The molecule has 0 fully saturated rings. The summed E-state index contributed by atoms with van der Waals surface area (Å²) >= 11 is 8.91. The zero-order valence-electron chi connectivity index (χ0n) is 7.83. The van der Waals surface area contributed by atoms with E-state index in [1.165, 1.54) is 6.07 Å². The van der Waals surface area contributed by atoms with Crippen molar-refractivity contribution >= 4 is 43.2 Å². The maximum atomic E-state index is 11.5. The minimum Gasteiger partial charge on any atom is -0.293 e. The molecule has 1 aromatic carbocycles. The molecule has 0 saturated heterocycles.